The van der Waals surface area contributed by atoms with E-state index in [9.17, 15) is 58.4 Å². The van der Waals surface area contributed by atoms with Gasteiger partial charge in [-0.25, -0.2) is 8.78 Å². The fourth-order valence-corrected chi connectivity index (χ4v) is 12.0. The zero-order chi connectivity index (χ0) is 90.1. The van der Waals surface area contributed by atoms with Crippen LogP contribution in [0.1, 0.15) is 143 Å². The highest BCUT2D eigenvalue weighted by Crippen LogP contribution is 2.35. The van der Waals surface area contributed by atoms with Crippen LogP contribution in [0.15, 0.2) is 165 Å². The summed E-state index contributed by atoms with van der Waals surface area (Å²) in [6.07, 6.45) is -14.4. The monoisotopic (exact) mass is 1380 g/mol. The van der Waals surface area contributed by atoms with Gasteiger partial charge < -0.3 is 28.7 Å². The van der Waals surface area contributed by atoms with Crippen LogP contribution >= 0.6 is 23.5 Å². The molecular weight excluding hydrogens is 1280 g/mol. The Kier molecular flexibility index (Phi) is 15.9. The summed E-state index contributed by atoms with van der Waals surface area (Å²) in [6, 6.07) is 0.394. The van der Waals surface area contributed by atoms with E-state index in [1.807, 2.05) is 0 Å². The van der Waals surface area contributed by atoms with Crippen molar-refractivity contribution in [3.8, 4) is 22.3 Å². The van der Waals surface area contributed by atoms with E-state index in [4.69, 9.17) is 28.8 Å². The number of hydrogen-bond donors (Lipinski definition) is 0. The van der Waals surface area contributed by atoms with Gasteiger partial charge in [-0.2, -0.15) is 36.3 Å². The summed E-state index contributed by atoms with van der Waals surface area (Å²) >= 11 is 1.61. The number of fused-ring (bicyclic) bond motifs is 2. The third-order valence-corrected chi connectivity index (χ3v) is 17.4. The second kappa shape index (κ2) is 32.9. The summed E-state index contributed by atoms with van der Waals surface area (Å²) < 4.78 is 317. The molecule has 0 fully saturated rings. The van der Waals surface area contributed by atoms with Crippen LogP contribution in [-0.2, 0) is 78.6 Å². The Labute approximate surface area is 597 Å². The molecule has 0 N–H and O–H groups in total. The minimum atomic E-state index is -5.38. The van der Waals surface area contributed by atoms with Gasteiger partial charge in [0.2, 0.25) is 11.8 Å². The standard InChI is InChI=1S/2C37H40F4N4O2S/c1-4-43(5-2)18-19-44(22-26-6-10-28(11-7-26)29-12-14-30(15-13-29)37(39,40)41)34(46)23-45-33-21-25(3)20-32(33)35(47)42-36(45)48-24-27-8-16-31(38)17-9-27;1-4-43(5-2)21-22-44(25(3)27-11-13-28(14-12-27)29-15-17-30(18-16-29)37(39,40)41)34(46)23-45-33-8-6-7-32(33)35(47)42-36(45)48-24-26-9-19-31(38)20-10-26/h6-17,25H,4-5,18-24H2,1-3H3;9-20,25H,4-8,21-24H2,1-3H3/i6D,7D,8D,9D,10D,11D,12D,13D,14D,15D,16D,17D,20D2,21D2,22D2,25D;4D2,5D2,25D. The van der Waals surface area contributed by atoms with Crippen molar-refractivity contribution >= 4 is 35.3 Å². The van der Waals surface area contributed by atoms with E-state index in [0.717, 1.165) is 29.5 Å². The van der Waals surface area contributed by atoms with Crippen molar-refractivity contribution in [1.82, 2.24) is 38.7 Å². The van der Waals surface area contributed by atoms with Crippen molar-refractivity contribution in [2.24, 2.45) is 5.89 Å². The quantitative estimate of drug-likeness (QED) is 0.0295. The first-order chi connectivity index (χ1) is 55.3. The Balaban J connectivity index is 0.000000280. The van der Waals surface area contributed by atoms with Crippen LogP contribution in [0.5, 0.6) is 0 Å². The Bertz CT molecular complexity index is 5300. The number of thioether (sulfide) groups is 2. The molecule has 2 aliphatic rings. The average Bonchev–Trinajstić information content (AvgIpc) is 1.52. The molecular formula is C74H80F8N8O4S2. The molecule has 0 aliphatic heterocycles. The lowest BCUT2D eigenvalue weighted by Gasteiger charge is -2.33. The molecule has 2 amide bonds. The minimum absolute atomic E-state index is 0.155. The number of likely N-dealkylation sites (N-methyl/N-ethyl adjacent to an activating group) is 2. The van der Waals surface area contributed by atoms with Crippen molar-refractivity contribution in [2.45, 2.75) is 133 Å². The molecule has 96 heavy (non-hydrogen) atoms. The van der Waals surface area contributed by atoms with Gasteiger partial charge in [0.25, 0.3) is 11.1 Å². The highest BCUT2D eigenvalue weighted by Gasteiger charge is 2.33. The molecule has 2 aromatic heterocycles. The number of hydrogen-bond acceptors (Lipinski definition) is 10. The molecule has 0 radical (unpaired) electrons. The molecule has 0 bridgehead atoms. The molecule has 0 spiro atoms. The Morgan fingerprint density at radius 3 is 1.70 bits per heavy atom. The summed E-state index contributed by atoms with van der Waals surface area (Å²) in [7, 11) is 0. The molecule has 2 heterocycles. The van der Waals surface area contributed by atoms with Gasteiger partial charge in [0.05, 0.1) is 37.7 Å². The summed E-state index contributed by atoms with van der Waals surface area (Å²) in [4.78, 5) is 68.6. The SMILES string of the molecule is [2H]C([2H])(C)N(CCN(C(=O)Cn1c(SCc2ccc(F)cc2)nc(=O)c2c1CCC2)C([2H])(C)c1ccc(-c2ccc(C(F)(F)F)cc2)cc1)C([2H])([2H])C.[2H]c1c([2H])c(CSc2nc(=O)c3c(n2CC(=O)N(CCN(CC)CC)C([2H])([2H])c2c([2H])c([2H])c(-c4c([2H])c([2H])c(C(F)(F)F)c([2H])c4[2H])c([2H])c2[2H])C([2H])([2H])C([2H])(C)C3([2H])[2H])c([2H])c([2H])c1F. The molecule has 0 saturated carbocycles. The largest absolute Gasteiger partial charge is 0.416 e. The fourth-order valence-electron chi connectivity index (χ4n) is 10.2. The third-order valence-electron chi connectivity index (χ3n) is 15.3. The van der Waals surface area contributed by atoms with E-state index in [1.54, 1.807) is 59.7 Å². The van der Waals surface area contributed by atoms with Crippen LogP contribution < -0.4 is 11.1 Å². The smallest absolute Gasteiger partial charge is 0.336 e. The molecule has 0 saturated heterocycles. The van der Waals surface area contributed by atoms with Crippen molar-refractivity contribution in [3.63, 3.8) is 0 Å². The average molecular weight is 1390 g/mol. The number of nitrogens with zero attached hydrogens (tertiary/aromatic N) is 8. The highest BCUT2D eigenvalue weighted by atomic mass is 32.2. The molecule has 8 aromatic rings. The number of rotatable bonds is 26. The van der Waals surface area contributed by atoms with Gasteiger partial charge >= 0.3 is 12.4 Å². The summed E-state index contributed by atoms with van der Waals surface area (Å²) in [5.41, 5.74) is -6.78. The van der Waals surface area contributed by atoms with Gasteiger partial charge in [-0.15, -0.1) is 0 Å². The number of carbonyl (C=O) groups excluding carboxylic acids is 2. The Morgan fingerprint density at radius 2 is 1.12 bits per heavy atom. The second-order valence-corrected chi connectivity index (χ2v) is 23.4. The van der Waals surface area contributed by atoms with E-state index in [0.29, 0.717) is 87.3 Å². The predicted molar refractivity (Wildman–Crippen MR) is 362 cm³/mol. The van der Waals surface area contributed by atoms with Crippen LogP contribution in [0.4, 0.5) is 35.1 Å². The van der Waals surface area contributed by atoms with Crippen molar-refractivity contribution in [2.75, 3.05) is 52.3 Å². The minimum Gasteiger partial charge on any atom is -0.336 e. The number of halogens is 8. The molecule has 2 aliphatic carbocycles. The molecule has 508 valence electrons. The summed E-state index contributed by atoms with van der Waals surface area (Å²) in [5.74, 6) is -6.95. The second-order valence-electron chi connectivity index (χ2n) is 21.5. The van der Waals surface area contributed by atoms with Crippen molar-refractivity contribution in [1.29, 1.82) is 0 Å². The lowest BCUT2D eigenvalue weighted by molar-refractivity contribution is -0.138. The number of alkyl halides is 6. The van der Waals surface area contributed by atoms with E-state index in [-0.39, 0.29) is 36.9 Å². The fraction of sp³-hybridized carbons (Fsp3) is 0.378. The third kappa shape index (κ3) is 18.8. The van der Waals surface area contributed by atoms with Crippen LogP contribution in [0.25, 0.3) is 22.3 Å². The van der Waals surface area contributed by atoms with E-state index < -0.39 is 227 Å². The topological polar surface area (TPSA) is 117 Å². The first-order valence-corrected chi connectivity index (χ1v) is 31.9. The van der Waals surface area contributed by atoms with Gasteiger partial charge in [0, 0.05) is 79.0 Å². The van der Waals surface area contributed by atoms with Crippen LogP contribution in [-0.4, -0.2) is 103 Å². The first kappa shape index (κ1) is 46.3. The van der Waals surface area contributed by atoms with E-state index in [2.05, 4.69) is 9.97 Å². The Morgan fingerprint density at radius 1 is 0.604 bits per heavy atom. The number of aromatic nitrogens is 4. The van der Waals surface area contributed by atoms with Gasteiger partial charge in [0.1, 0.15) is 24.7 Å². The zero-order valence-corrected chi connectivity index (χ0v) is 54.3. The molecule has 6 aromatic carbocycles. The molecule has 10 rings (SSSR count). The van der Waals surface area contributed by atoms with Crippen molar-refractivity contribution < 1.29 is 77.6 Å². The van der Waals surface area contributed by atoms with Crippen LogP contribution in [0.2, 0.25) is 0 Å². The summed E-state index contributed by atoms with van der Waals surface area (Å²) in [6.45, 7) is -1.81. The highest BCUT2D eigenvalue weighted by molar-refractivity contribution is 7.98. The zero-order valence-electron chi connectivity index (χ0n) is 76.7. The van der Waals surface area contributed by atoms with Gasteiger partial charge in [-0.05, 0) is 164 Å². The van der Waals surface area contributed by atoms with E-state index >= 15 is 0 Å². The number of carbonyl (C=O) groups is 2. The van der Waals surface area contributed by atoms with Crippen LogP contribution in [0.3, 0.4) is 0 Å². The number of amides is 2. The maximum absolute atomic E-state index is 14.9. The predicted octanol–water partition coefficient (Wildman–Crippen LogP) is 15.2. The lowest BCUT2D eigenvalue weighted by Crippen LogP contribution is -2.42. The molecule has 2 unspecified atom stereocenters. The molecule has 12 nitrogen and oxygen atoms in total. The van der Waals surface area contributed by atoms with Crippen LogP contribution in [0, 0.1) is 17.5 Å². The summed E-state index contributed by atoms with van der Waals surface area (Å²) in [5, 5.41) is -0.373. The van der Waals surface area contributed by atoms with Crippen molar-refractivity contribution in [3.05, 3.63) is 234 Å². The lowest BCUT2D eigenvalue weighted by atomic mass is 9.99. The normalized spacial score (nSPS) is 20.1. The number of benzene rings is 6. The maximum atomic E-state index is 14.9. The maximum Gasteiger partial charge on any atom is 0.416 e. The Hall–Kier alpha value is -7.92. The van der Waals surface area contributed by atoms with Gasteiger partial charge in [-0.3, -0.25) is 19.2 Å². The first-order valence-electron chi connectivity index (χ1n) is 42.0. The van der Waals surface area contributed by atoms with E-state index in [1.165, 1.54) is 61.7 Å². The van der Waals surface area contributed by atoms with Gasteiger partial charge in [-0.1, -0.05) is 155 Å². The van der Waals surface area contributed by atoms with Gasteiger partial charge in [0.15, 0.2) is 10.3 Å². The molecule has 2 atom stereocenters. The molecule has 22 heteroatoms.